The normalized spacial score (nSPS) is 11.9. The summed E-state index contributed by atoms with van der Waals surface area (Å²) in [5.74, 6) is -1.63. The molecule has 1 atom stereocenters. The first-order valence-electron chi connectivity index (χ1n) is 6.67. The van der Waals surface area contributed by atoms with Gasteiger partial charge in [-0.25, -0.2) is 8.78 Å². The molecular weight excluding hydrogens is 344 g/mol. The lowest BCUT2D eigenvalue weighted by molar-refractivity contribution is -0.115. The van der Waals surface area contributed by atoms with Crippen LogP contribution in [-0.2, 0) is 4.79 Å². The summed E-state index contributed by atoms with van der Waals surface area (Å²) in [6.45, 7) is 1.67. The Balaban J connectivity index is 2.02. The van der Waals surface area contributed by atoms with Crippen molar-refractivity contribution < 1.29 is 18.3 Å². The molecule has 0 heterocycles. The molecule has 0 unspecified atom stereocenters. The number of carbonyl (C=O) groups excluding carboxylic acids is 1. The van der Waals surface area contributed by atoms with Crippen molar-refractivity contribution in [3.8, 4) is 5.75 Å². The van der Waals surface area contributed by atoms with E-state index in [1.165, 1.54) is 13.2 Å². The summed E-state index contributed by atoms with van der Waals surface area (Å²) in [6, 6.07) is 8.41. The Morgan fingerprint density at radius 1 is 1.22 bits per heavy atom. The Morgan fingerprint density at radius 2 is 1.96 bits per heavy atom. The lowest BCUT2D eigenvalue weighted by atomic mass is 10.3. The highest BCUT2D eigenvalue weighted by Crippen LogP contribution is 2.29. The number of carbonyl (C=O) groups is 1. The third-order valence-electron chi connectivity index (χ3n) is 2.99. The van der Waals surface area contributed by atoms with Gasteiger partial charge in [-0.2, -0.15) is 0 Å². The van der Waals surface area contributed by atoms with E-state index in [4.69, 9.17) is 16.3 Å². The van der Waals surface area contributed by atoms with Crippen molar-refractivity contribution in [2.75, 3.05) is 12.4 Å². The first-order valence-corrected chi connectivity index (χ1v) is 7.92. The average Bonchev–Trinajstić information content (AvgIpc) is 2.51. The molecule has 0 saturated heterocycles. The molecule has 7 heteroatoms. The number of halogens is 3. The van der Waals surface area contributed by atoms with Gasteiger partial charge in [0.25, 0.3) is 0 Å². The molecule has 0 fully saturated rings. The molecule has 0 spiro atoms. The summed E-state index contributed by atoms with van der Waals surface area (Å²) in [5, 5.41) is 2.59. The van der Waals surface area contributed by atoms with Gasteiger partial charge in [0, 0.05) is 10.6 Å². The summed E-state index contributed by atoms with van der Waals surface area (Å²) in [6.07, 6.45) is 0. The number of rotatable bonds is 5. The van der Waals surface area contributed by atoms with Crippen LogP contribution < -0.4 is 10.1 Å². The van der Waals surface area contributed by atoms with Gasteiger partial charge >= 0.3 is 0 Å². The lowest BCUT2D eigenvalue weighted by Gasteiger charge is -2.13. The minimum absolute atomic E-state index is 0.277. The zero-order chi connectivity index (χ0) is 17.0. The van der Waals surface area contributed by atoms with Crippen LogP contribution in [-0.4, -0.2) is 18.3 Å². The van der Waals surface area contributed by atoms with Crippen LogP contribution in [0.2, 0.25) is 5.02 Å². The molecular formula is C16H14ClF2NO2S. The van der Waals surface area contributed by atoms with Crippen LogP contribution in [0.3, 0.4) is 0 Å². The van der Waals surface area contributed by atoms with Gasteiger partial charge in [-0.05, 0) is 43.3 Å². The fourth-order valence-corrected chi connectivity index (χ4v) is 2.95. The summed E-state index contributed by atoms with van der Waals surface area (Å²) < 4.78 is 31.1. The standard InChI is InChI=1S/C16H14ClF2NO2S/c1-9(23-11-4-5-13(18)14(19)8-11)16(21)20-10-3-6-15(22-2)12(17)7-10/h3-9H,1-2H3,(H,20,21)/t9-/m1/s1. The number of thioether (sulfide) groups is 1. The molecule has 0 bridgehead atoms. The second-order valence-corrected chi connectivity index (χ2v) is 6.50. The van der Waals surface area contributed by atoms with Crippen LogP contribution in [0.4, 0.5) is 14.5 Å². The molecule has 2 aromatic carbocycles. The first-order chi connectivity index (χ1) is 10.9. The molecule has 1 N–H and O–H groups in total. The van der Waals surface area contributed by atoms with Gasteiger partial charge in [0.1, 0.15) is 5.75 Å². The zero-order valence-electron chi connectivity index (χ0n) is 12.4. The number of hydrogen-bond acceptors (Lipinski definition) is 3. The van der Waals surface area contributed by atoms with Crippen LogP contribution in [0.5, 0.6) is 5.75 Å². The maximum atomic E-state index is 13.2. The monoisotopic (exact) mass is 357 g/mol. The molecule has 23 heavy (non-hydrogen) atoms. The number of anilines is 1. The van der Waals surface area contributed by atoms with E-state index in [-0.39, 0.29) is 5.91 Å². The molecule has 1 amide bonds. The summed E-state index contributed by atoms with van der Waals surface area (Å²) in [4.78, 5) is 12.6. The van der Waals surface area contributed by atoms with Gasteiger partial charge in [0.2, 0.25) is 5.91 Å². The van der Waals surface area contributed by atoms with Gasteiger partial charge < -0.3 is 10.1 Å². The Morgan fingerprint density at radius 3 is 2.57 bits per heavy atom. The van der Waals surface area contributed by atoms with Crippen molar-refractivity contribution in [1.82, 2.24) is 0 Å². The van der Waals surface area contributed by atoms with Crippen molar-refractivity contribution in [3.05, 3.63) is 53.1 Å². The Kier molecular flexibility index (Phi) is 5.85. The van der Waals surface area contributed by atoms with Crippen LogP contribution in [0, 0.1) is 11.6 Å². The predicted octanol–water partition coefficient (Wildman–Crippen LogP) is 4.75. The number of ether oxygens (including phenoxy) is 1. The zero-order valence-corrected chi connectivity index (χ0v) is 14.0. The van der Waals surface area contributed by atoms with E-state index in [1.54, 1.807) is 25.1 Å². The van der Waals surface area contributed by atoms with E-state index in [1.807, 2.05) is 0 Å². The van der Waals surface area contributed by atoms with Gasteiger partial charge in [-0.15, -0.1) is 11.8 Å². The highest BCUT2D eigenvalue weighted by atomic mass is 35.5. The van der Waals surface area contributed by atoms with Crippen molar-refractivity contribution in [3.63, 3.8) is 0 Å². The van der Waals surface area contributed by atoms with Crippen molar-refractivity contribution in [1.29, 1.82) is 0 Å². The molecule has 122 valence electrons. The van der Waals surface area contributed by atoms with E-state index in [9.17, 15) is 13.6 Å². The van der Waals surface area contributed by atoms with Crippen molar-refractivity contribution >= 4 is 35.0 Å². The molecule has 0 radical (unpaired) electrons. The smallest absolute Gasteiger partial charge is 0.237 e. The lowest BCUT2D eigenvalue weighted by Crippen LogP contribution is -2.22. The SMILES string of the molecule is COc1ccc(NC(=O)[C@@H](C)Sc2ccc(F)c(F)c2)cc1Cl. The summed E-state index contributed by atoms with van der Waals surface area (Å²) in [5.41, 5.74) is 0.526. The predicted molar refractivity (Wildman–Crippen MR) is 88.3 cm³/mol. The van der Waals surface area contributed by atoms with E-state index in [0.717, 1.165) is 23.9 Å². The maximum Gasteiger partial charge on any atom is 0.237 e. The number of amides is 1. The first kappa shape index (κ1) is 17.6. The Bertz CT molecular complexity index is 727. The van der Waals surface area contributed by atoms with E-state index < -0.39 is 16.9 Å². The highest BCUT2D eigenvalue weighted by molar-refractivity contribution is 8.00. The van der Waals surface area contributed by atoms with Crippen LogP contribution >= 0.6 is 23.4 Å². The second kappa shape index (κ2) is 7.66. The third-order valence-corrected chi connectivity index (χ3v) is 4.38. The molecule has 0 aliphatic rings. The largest absolute Gasteiger partial charge is 0.495 e. The van der Waals surface area contributed by atoms with Gasteiger partial charge in [0.15, 0.2) is 11.6 Å². The van der Waals surface area contributed by atoms with Crippen molar-refractivity contribution in [2.24, 2.45) is 0 Å². The molecule has 0 aliphatic heterocycles. The molecule has 0 aromatic heterocycles. The third kappa shape index (κ3) is 4.59. The van der Waals surface area contributed by atoms with Crippen LogP contribution in [0.15, 0.2) is 41.3 Å². The van der Waals surface area contributed by atoms with Gasteiger partial charge in [-0.3, -0.25) is 4.79 Å². The molecule has 2 rings (SSSR count). The van der Waals surface area contributed by atoms with Gasteiger partial charge in [0.05, 0.1) is 17.4 Å². The van der Waals surface area contributed by atoms with Crippen molar-refractivity contribution in [2.45, 2.75) is 17.1 Å². The minimum Gasteiger partial charge on any atom is -0.495 e. The van der Waals surface area contributed by atoms with Gasteiger partial charge in [-0.1, -0.05) is 11.6 Å². The molecule has 0 aliphatic carbocycles. The molecule has 2 aromatic rings. The fraction of sp³-hybridized carbons (Fsp3) is 0.188. The average molecular weight is 358 g/mol. The summed E-state index contributed by atoms with van der Waals surface area (Å²) >= 11 is 7.13. The highest BCUT2D eigenvalue weighted by Gasteiger charge is 2.16. The van der Waals surface area contributed by atoms with Crippen LogP contribution in [0.25, 0.3) is 0 Å². The maximum absolute atomic E-state index is 13.2. The quantitative estimate of drug-likeness (QED) is 0.785. The molecule has 3 nitrogen and oxygen atoms in total. The van der Waals surface area contributed by atoms with E-state index in [0.29, 0.717) is 21.4 Å². The van der Waals surface area contributed by atoms with Crippen LogP contribution in [0.1, 0.15) is 6.92 Å². The number of methoxy groups -OCH3 is 1. The second-order valence-electron chi connectivity index (χ2n) is 4.67. The Hall–Kier alpha value is -1.79. The fourth-order valence-electron chi connectivity index (χ4n) is 1.80. The number of nitrogens with one attached hydrogen (secondary N) is 1. The number of hydrogen-bond donors (Lipinski definition) is 1. The van der Waals surface area contributed by atoms with E-state index >= 15 is 0 Å². The Labute approximate surface area is 142 Å². The molecule has 0 saturated carbocycles. The number of benzene rings is 2. The minimum atomic E-state index is -0.940. The van der Waals surface area contributed by atoms with E-state index in [2.05, 4.69) is 5.32 Å². The summed E-state index contributed by atoms with van der Waals surface area (Å²) in [7, 11) is 1.50. The topological polar surface area (TPSA) is 38.3 Å².